The number of aromatic nitrogens is 1. The molecule has 1 aromatic heterocycles. The number of nitrogens with zero attached hydrogens (tertiary/aromatic N) is 1. The van der Waals surface area contributed by atoms with Crippen molar-refractivity contribution >= 4 is 32.5 Å². The van der Waals surface area contributed by atoms with Crippen molar-refractivity contribution < 1.29 is 12.8 Å². The zero-order valence-electron chi connectivity index (χ0n) is 12.9. The van der Waals surface area contributed by atoms with E-state index in [1.807, 2.05) is 12.1 Å². The molecule has 1 heterocycles. The lowest BCUT2D eigenvalue weighted by atomic mass is 10.2. The van der Waals surface area contributed by atoms with E-state index in [2.05, 4.69) is 6.58 Å². The molecule has 3 nitrogen and oxygen atoms in total. The Morgan fingerprint density at radius 3 is 2.25 bits per heavy atom. The molecule has 2 aromatic carbocycles. The van der Waals surface area contributed by atoms with Gasteiger partial charge >= 0.3 is 0 Å². The standard InChI is InChI=1S/C12H12ClNO2S.C6H5F/c1-2-7-17(15,16)14-9-10(8-13)11-5-3-4-6-12(11)14;7-6-4-2-1-3-5-6/h2-6,9H,1,7-8H2;1-5H. The molecule has 6 heteroatoms. The summed E-state index contributed by atoms with van der Waals surface area (Å²) >= 11 is 5.82. The zero-order chi connectivity index (χ0) is 17.6. The van der Waals surface area contributed by atoms with Gasteiger partial charge in [0, 0.05) is 17.5 Å². The Hall–Kier alpha value is -2.11. The average molecular weight is 366 g/mol. The van der Waals surface area contributed by atoms with Crippen LogP contribution >= 0.6 is 11.6 Å². The van der Waals surface area contributed by atoms with Crippen LogP contribution in [-0.2, 0) is 15.9 Å². The van der Waals surface area contributed by atoms with Crippen molar-refractivity contribution in [2.45, 2.75) is 5.88 Å². The molecule has 0 unspecified atom stereocenters. The molecule has 0 bridgehead atoms. The first-order valence-corrected chi connectivity index (χ1v) is 9.33. The molecule has 0 amide bonds. The van der Waals surface area contributed by atoms with Crippen LogP contribution in [0.2, 0.25) is 0 Å². The summed E-state index contributed by atoms with van der Waals surface area (Å²) in [5.74, 6) is 0.0207. The summed E-state index contributed by atoms with van der Waals surface area (Å²) in [7, 11) is -3.39. The van der Waals surface area contributed by atoms with Gasteiger partial charge in [0.1, 0.15) is 5.82 Å². The first-order chi connectivity index (χ1) is 11.5. The Kier molecular flexibility index (Phi) is 6.17. The molecule has 0 saturated carbocycles. The van der Waals surface area contributed by atoms with E-state index in [1.54, 1.807) is 36.5 Å². The predicted molar refractivity (Wildman–Crippen MR) is 97.3 cm³/mol. The first kappa shape index (κ1) is 18.2. The topological polar surface area (TPSA) is 39.1 Å². The Morgan fingerprint density at radius 2 is 1.71 bits per heavy atom. The van der Waals surface area contributed by atoms with E-state index in [1.165, 1.54) is 22.2 Å². The average Bonchev–Trinajstić information content (AvgIpc) is 2.96. The highest BCUT2D eigenvalue weighted by Crippen LogP contribution is 2.24. The van der Waals surface area contributed by atoms with Crippen LogP contribution in [0.3, 0.4) is 0 Å². The van der Waals surface area contributed by atoms with E-state index in [0.717, 1.165) is 10.9 Å². The van der Waals surface area contributed by atoms with Gasteiger partial charge in [0.15, 0.2) is 0 Å². The monoisotopic (exact) mass is 365 g/mol. The van der Waals surface area contributed by atoms with Crippen LogP contribution in [0.4, 0.5) is 4.39 Å². The summed E-state index contributed by atoms with van der Waals surface area (Å²) in [6.45, 7) is 3.46. The maximum Gasteiger partial charge on any atom is 0.242 e. The smallest absolute Gasteiger partial charge is 0.242 e. The van der Waals surface area contributed by atoms with Crippen LogP contribution in [0.15, 0.2) is 73.4 Å². The molecule has 0 atom stereocenters. The number of benzene rings is 2. The molecular weight excluding hydrogens is 349 g/mol. The molecular formula is C18H17ClFNO2S. The molecule has 3 rings (SSSR count). The largest absolute Gasteiger partial charge is 0.244 e. The highest BCUT2D eigenvalue weighted by molar-refractivity contribution is 7.90. The van der Waals surface area contributed by atoms with Crippen LogP contribution in [0.25, 0.3) is 10.9 Å². The number of fused-ring (bicyclic) bond motifs is 1. The summed E-state index contributed by atoms with van der Waals surface area (Å²) in [4.78, 5) is 0. The van der Waals surface area contributed by atoms with Crippen LogP contribution < -0.4 is 0 Å². The minimum atomic E-state index is -3.39. The maximum atomic E-state index is 12.0. The van der Waals surface area contributed by atoms with Gasteiger partial charge in [0.2, 0.25) is 10.0 Å². The molecule has 0 aliphatic carbocycles. The molecule has 0 saturated heterocycles. The van der Waals surface area contributed by atoms with Crippen molar-refractivity contribution in [3.8, 4) is 0 Å². The predicted octanol–water partition coefficient (Wildman–Crippen LogP) is 4.57. The first-order valence-electron chi connectivity index (χ1n) is 7.19. The summed E-state index contributed by atoms with van der Waals surface area (Å²) in [6, 6.07) is 15.2. The van der Waals surface area contributed by atoms with Crippen LogP contribution in [0.5, 0.6) is 0 Å². The highest BCUT2D eigenvalue weighted by Gasteiger charge is 2.16. The summed E-state index contributed by atoms with van der Waals surface area (Å²) in [6.07, 6.45) is 2.96. The Labute approximate surface area is 146 Å². The van der Waals surface area contributed by atoms with Gasteiger partial charge in [-0.3, -0.25) is 0 Å². The number of para-hydroxylation sites is 1. The van der Waals surface area contributed by atoms with E-state index in [-0.39, 0.29) is 17.5 Å². The lowest BCUT2D eigenvalue weighted by molar-refractivity contribution is 0.592. The summed E-state index contributed by atoms with van der Waals surface area (Å²) in [5.41, 5.74) is 1.47. The van der Waals surface area contributed by atoms with Crippen molar-refractivity contribution in [3.05, 3.63) is 84.8 Å². The summed E-state index contributed by atoms with van der Waals surface area (Å²) < 4.78 is 37.2. The van der Waals surface area contributed by atoms with Crippen molar-refractivity contribution in [3.63, 3.8) is 0 Å². The second kappa shape index (κ2) is 8.13. The maximum absolute atomic E-state index is 12.0. The van der Waals surface area contributed by atoms with Crippen LogP contribution in [-0.4, -0.2) is 18.1 Å². The normalized spacial score (nSPS) is 10.9. The fourth-order valence-electron chi connectivity index (χ4n) is 2.20. The van der Waals surface area contributed by atoms with Crippen molar-refractivity contribution in [2.24, 2.45) is 0 Å². The highest BCUT2D eigenvalue weighted by atomic mass is 35.5. The van der Waals surface area contributed by atoms with E-state index in [9.17, 15) is 12.8 Å². The quantitative estimate of drug-likeness (QED) is 0.502. The number of hydrogen-bond acceptors (Lipinski definition) is 2. The van der Waals surface area contributed by atoms with Gasteiger partial charge in [0.05, 0.1) is 11.3 Å². The van der Waals surface area contributed by atoms with Crippen LogP contribution in [0.1, 0.15) is 5.56 Å². The molecule has 24 heavy (non-hydrogen) atoms. The third-order valence-corrected chi connectivity index (χ3v) is 5.11. The third kappa shape index (κ3) is 4.24. The lowest BCUT2D eigenvalue weighted by Crippen LogP contribution is -2.14. The second-order valence-corrected chi connectivity index (χ2v) is 7.12. The van der Waals surface area contributed by atoms with E-state index in [4.69, 9.17) is 11.6 Å². The molecule has 0 radical (unpaired) electrons. The van der Waals surface area contributed by atoms with Gasteiger partial charge < -0.3 is 0 Å². The minimum absolute atomic E-state index is 0.0899. The molecule has 0 N–H and O–H groups in total. The van der Waals surface area contributed by atoms with Gasteiger partial charge in [-0.2, -0.15) is 0 Å². The van der Waals surface area contributed by atoms with Gasteiger partial charge in [0.25, 0.3) is 0 Å². The summed E-state index contributed by atoms with van der Waals surface area (Å²) in [5, 5.41) is 0.870. The van der Waals surface area contributed by atoms with E-state index in [0.29, 0.717) is 5.52 Å². The zero-order valence-corrected chi connectivity index (χ0v) is 14.5. The fraction of sp³-hybridized carbons (Fsp3) is 0.111. The minimum Gasteiger partial charge on any atom is -0.244 e. The van der Waals surface area contributed by atoms with Crippen molar-refractivity contribution in [2.75, 3.05) is 5.75 Å². The molecule has 0 spiro atoms. The number of alkyl halides is 1. The number of halogens is 2. The number of rotatable bonds is 4. The van der Waals surface area contributed by atoms with Crippen molar-refractivity contribution in [1.82, 2.24) is 3.97 Å². The molecule has 0 fully saturated rings. The number of hydrogen-bond donors (Lipinski definition) is 0. The molecule has 3 aromatic rings. The van der Waals surface area contributed by atoms with Gasteiger partial charge in [-0.1, -0.05) is 42.5 Å². The second-order valence-electron chi connectivity index (χ2n) is 4.96. The van der Waals surface area contributed by atoms with E-state index < -0.39 is 10.0 Å². The van der Waals surface area contributed by atoms with Gasteiger partial charge in [-0.05, 0) is 23.8 Å². The third-order valence-electron chi connectivity index (χ3n) is 3.27. The fourth-order valence-corrected chi connectivity index (χ4v) is 3.62. The lowest BCUT2D eigenvalue weighted by Gasteiger charge is -2.04. The van der Waals surface area contributed by atoms with Gasteiger partial charge in [-0.25, -0.2) is 16.8 Å². The Balaban J connectivity index is 0.000000249. The van der Waals surface area contributed by atoms with E-state index >= 15 is 0 Å². The van der Waals surface area contributed by atoms with Crippen LogP contribution in [0, 0.1) is 5.82 Å². The SMILES string of the molecule is C=CCS(=O)(=O)n1cc(CCl)c2ccccc21.Fc1ccccc1. The van der Waals surface area contributed by atoms with Crippen molar-refractivity contribution in [1.29, 1.82) is 0 Å². The molecule has 126 valence electrons. The van der Waals surface area contributed by atoms with Gasteiger partial charge in [-0.15, -0.1) is 18.2 Å². The Morgan fingerprint density at radius 1 is 1.08 bits per heavy atom. The molecule has 0 aliphatic heterocycles. The Bertz CT molecular complexity index is 921. The molecule has 0 aliphatic rings.